The molecule has 0 bridgehead atoms. The predicted molar refractivity (Wildman–Crippen MR) is 72.0 cm³/mol. The second kappa shape index (κ2) is 4.01. The molecule has 5 nitrogen and oxygen atoms in total. The molecule has 2 aliphatic carbocycles. The van der Waals surface area contributed by atoms with Crippen LogP contribution in [-0.4, -0.2) is 20.2 Å². The Balaban J connectivity index is 1.69. The summed E-state index contributed by atoms with van der Waals surface area (Å²) in [6, 6.07) is 4.30. The highest BCUT2D eigenvalue weighted by Gasteiger charge is 2.54. The number of aromatic nitrogens is 4. The number of benzene rings is 1. The Bertz CT molecular complexity index is 657. The average molecular weight is 273 g/mol. The van der Waals surface area contributed by atoms with Crippen molar-refractivity contribution in [2.75, 3.05) is 5.73 Å². The van der Waals surface area contributed by atoms with Crippen molar-refractivity contribution < 1.29 is 4.39 Å². The lowest BCUT2D eigenvalue weighted by Crippen LogP contribution is -2.16. The Morgan fingerprint density at radius 3 is 2.85 bits per heavy atom. The minimum Gasteiger partial charge on any atom is -0.398 e. The normalized spacial score (nSPS) is 20.1. The summed E-state index contributed by atoms with van der Waals surface area (Å²) in [5.41, 5.74) is 7.38. The van der Waals surface area contributed by atoms with Crippen molar-refractivity contribution >= 4 is 5.69 Å². The zero-order chi connectivity index (χ0) is 13.7. The molecular weight excluding hydrogens is 257 g/mol. The zero-order valence-electron chi connectivity index (χ0n) is 11.1. The van der Waals surface area contributed by atoms with E-state index in [2.05, 4.69) is 15.5 Å². The molecule has 1 aromatic carbocycles. The van der Waals surface area contributed by atoms with Crippen molar-refractivity contribution in [1.29, 1.82) is 0 Å². The molecule has 20 heavy (non-hydrogen) atoms. The van der Waals surface area contributed by atoms with E-state index in [0.29, 0.717) is 22.5 Å². The Morgan fingerprint density at radius 1 is 1.35 bits per heavy atom. The van der Waals surface area contributed by atoms with Crippen LogP contribution in [0.2, 0.25) is 0 Å². The lowest BCUT2D eigenvalue weighted by Gasteiger charge is -2.15. The minimum absolute atomic E-state index is 0.327. The number of nitrogen functional groups attached to an aromatic ring is 1. The fourth-order valence-electron chi connectivity index (χ4n) is 3.08. The van der Waals surface area contributed by atoms with E-state index in [1.807, 2.05) is 0 Å². The van der Waals surface area contributed by atoms with Crippen LogP contribution < -0.4 is 5.73 Å². The maximum absolute atomic E-state index is 13.4. The summed E-state index contributed by atoms with van der Waals surface area (Å²) in [4.78, 5) is 0. The fourth-order valence-corrected chi connectivity index (χ4v) is 3.08. The topological polar surface area (TPSA) is 69.6 Å². The van der Waals surface area contributed by atoms with Crippen LogP contribution in [0.3, 0.4) is 0 Å². The molecule has 0 aliphatic heterocycles. The number of nitrogens with zero attached hydrogens (tertiary/aromatic N) is 4. The van der Waals surface area contributed by atoms with Gasteiger partial charge in [-0.3, -0.25) is 0 Å². The number of nitrogens with two attached hydrogens (primary N) is 1. The number of halogens is 1. The summed E-state index contributed by atoms with van der Waals surface area (Å²) in [5.74, 6) is 1.06. The van der Waals surface area contributed by atoms with E-state index < -0.39 is 0 Å². The standard InChI is InChI=1S/C14H16FN5/c15-10-3-4-12(16)11(7-10)13-17-18-19-20(13)8-14(5-6-14)9-1-2-9/h3-4,7,9H,1-2,5-6,8,16H2. The van der Waals surface area contributed by atoms with Gasteiger partial charge in [-0.1, -0.05) is 0 Å². The van der Waals surface area contributed by atoms with Crippen molar-refractivity contribution in [2.45, 2.75) is 32.2 Å². The first-order chi connectivity index (χ1) is 9.68. The SMILES string of the molecule is Nc1ccc(F)cc1-c1nnnn1CC1(C2CC2)CC1. The molecule has 2 N–H and O–H groups in total. The number of rotatable bonds is 4. The van der Waals surface area contributed by atoms with E-state index in [1.165, 1.54) is 37.8 Å². The van der Waals surface area contributed by atoms with Gasteiger partial charge >= 0.3 is 0 Å². The minimum atomic E-state index is -0.327. The van der Waals surface area contributed by atoms with Crippen LogP contribution in [-0.2, 0) is 6.54 Å². The van der Waals surface area contributed by atoms with Crippen LogP contribution >= 0.6 is 0 Å². The summed E-state index contributed by atoms with van der Waals surface area (Å²) in [7, 11) is 0. The smallest absolute Gasteiger partial charge is 0.184 e. The van der Waals surface area contributed by atoms with Gasteiger partial charge in [0.15, 0.2) is 5.82 Å². The van der Waals surface area contributed by atoms with E-state index in [0.717, 1.165) is 12.5 Å². The molecule has 6 heteroatoms. The number of tetrazole rings is 1. The van der Waals surface area contributed by atoms with Crippen molar-refractivity contribution in [2.24, 2.45) is 11.3 Å². The van der Waals surface area contributed by atoms with E-state index in [-0.39, 0.29) is 5.82 Å². The lowest BCUT2D eigenvalue weighted by atomic mass is 10.0. The molecular formula is C14H16FN5. The van der Waals surface area contributed by atoms with Gasteiger partial charge in [0.25, 0.3) is 0 Å². The third kappa shape index (κ3) is 1.87. The van der Waals surface area contributed by atoms with E-state index in [9.17, 15) is 4.39 Å². The molecule has 0 amide bonds. The van der Waals surface area contributed by atoms with Gasteiger partial charge in [-0.15, -0.1) is 5.10 Å². The van der Waals surface area contributed by atoms with Crippen molar-refractivity contribution in [1.82, 2.24) is 20.2 Å². The molecule has 0 radical (unpaired) electrons. The molecule has 1 heterocycles. The van der Waals surface area contributed by atoms with Crippen molar-refractivity contribution in [3.8, 4) is 11.4 Å². The molecule has 1 aromatic heterocycles. The maximum atomic E-state index is 13.4. The summed E-state index contributed by atoms with van der Waals surface area (Å²) < 4.78 is 15.2. The Hall–Kier alpha value is -1.98. The Kier molecular flexibility index (Phi) is 2.37. The molecule has 4 rings (SSSR count). The molecule has 2 aliphatic rings. The summed E-state index contributed by atoms with van der Waals surface area (Å²) in [5, 5.41) is 11.9. The largest absolute Gasteiger partial charge is 0.398 e. The summed E-state index contributed by atoms with van der Waals surface area (Å²) in [6.45, 7) is 0.815. The van der Waals surface area contributed by atoms with Crippen LogP contribution in [0, 0.1) is 17.2 Å². The van der Waals surface area contributed by atoms with Gasteiger partial charge in [-0.05, 0) is 65.6 Å². The second-order valence-corrected chi connectivity index (χ2v) is 6.03. The third-order valence-electron chi connectivity index (χ3n) is 4.59. The predicted octanol–water partition coefficient (Wildman–Crippen LogP) is 2.25. The molecule has 2 saturated carbocycles. The molecule has 0 atom stereocenters. The van der Waals surface area contributed by atoms with Crippen LogP contribution in [0.1, 0.15) is 25.7 Å². The molecule has 0 saturated heterocycles. The molecule has 104 valence electrons. The average Bonchev–Trinajstić information content (AvgIpc) is 3.32. The quantitative estimate of drug-likeness (QED) is 0.867. The van der Waals surface area contributed by atoms with Gasteiger partial charge in [-0.25, -0.2) is 9.07 Å². The van der Waals surface area contributed by atoms with Gasteiger partial charge in [-0.2, -0.15) is 0 Å². The first-order valence-corrected chi connectivity index (χ1v) is 6.99. The lowest BCUT2D eigenvalue weighted by molar-refractivity contribution is 0.348. The van der Waals surface area contributed by atoms with Crippen LogP contribution in [0.4, 0.5) is 10.1 Å². The highest BCUT2D eigenvalue weighted by molar-refractivity contribution is 5.71. The van der Waals surface area contributed by atoms with E-state index in [1.54, 1.807) is 10.7 Å². The summed E-state index contributed by atoms with van der Waals surface area (Å²) in [6.07, 6.45) is 5.13. The Morgan fingerprint density at radius 2 is 2.15 bits per heavy atom. The monoisotopic (exact) mass is 273 g/mol. The third-order valence-corrected chi connectivity index (χ3v) is 4.59. The number of hydrogen-bond donors (Lipinski definition) is 1. The highest BCUT2D eigenvalue weighted by Crippen LogP contribution is 2.62. The number of hydrogen-bond acceptors (Lipinski definition) is 4. The van der Waals surface area contributed by atoms with E-state index in [4.69, 9.17) is 5.73 Å². The maximum Gasteiger partial charge on any atom is 0.184 e. The van der Waals surface area contributed by atoms with Gasteiger partial charge in [0, 0.05) is 11.3 Å². The second-order valence-electron chi connectivity index (χ2n) is 6.03. The van der Waals surface area contributed by atoms with Crippen LogP contribution in [0.25, 0.3) is 11.4 Å². The van der Waals surface area contributed by atoms with Crippen LogP contribution in [0.15, 0.2) is 18.2 Å². The molecule has 2 aromatic rings. The molecule has 0 unspecified atom stereocenters. The van der Waals surface area contributed by atoms with Gasteiger partial charge in [0.1, 0.15) is 5.82 Å². The molecule has 0 spiro atoms. The van der Waals surface area contributed by atoms with Gasteiger partial charge in [0.05, 0.1) is 6.54 Å². The zero-order valence-corrected chi connectivity index (χ0v) is 11.1. The van der Waals surface area contributed by atoms with Crippen molar-refractivity contribution in [3.63, 3.8) is 0 Å². The first kappa shape index (κ1) is 11.8. The number of anilines is 1. The van der Waals surface area contributed by atoms with E-state index >= 15 is 0 Å². The first-order valence-electron chi connectivity index (χ1n) is 6.99. The van der Waals surface area contributed by atoms with Crippen molar-refractivity contribution in [3.05, 3.63) is 24.0 Å². The van der Waals surface area contributed by atoms with Gasteiger partial charge < -0.3 is 5.73 Å². The summed E-state index contributed by atoms with van der Waals surface area (Å²) >= 11 is 0. The van der Waals surface area contributed by atoms with Gasteiger partial charge in [0.2, 0.25) is 0 Å². The Labute approximate surface area is 116 Å². The van der Waals surface area contributed by atoms with Crippen LogP contribution in [0.5, 0.6) is 0 Å². The highest BCUT2D eigenvalue weighted by atomic mass is 19.1. The fraction of sp³-hybridized carbons (Fsp3) is 0.500. The molecule has 2 fully saturated rings.